The summed E-state index contributed by atoms with van der Waals surface area (Å²) in [4.78, 5) is 23.6. The van der Waals surface area contributed by atoms with E-state index < -0.39 is 5.41 Å². The third-order valence-corrected chi connectivity index (χ3v) is 3.18. The van der Waals surface area contributed by atoms with E-state index >= 15 is 0 Å². The van der Waals surface area contributed by atoms with Gasteiger partial charge >= 0.3 is 5.97 Å². The minimum absolute atomic E-state index is 0.205. The lowest BCUT2D eigenvalue weighted by Crippen LogP contribution is -2.48. The first kappa shape index (κ1) is 14.6. The fourth-order valence-corrected chi connectivity index (χ4v) is 1.92. The number of anilines is 2. The second-order valence-corrected chi connectivity index (χ2v) is 5.96. The summed E-state index contributed by atoms with van der Waals surface area (Å²) in [5, 5.41) is 1.71. The van der Waals surface area contributed by atoms with Gasteiger partial charge in [-0.1, -0.05) is 0 Å². The predicted molar refractivity (Wildman–Crippen MR) is 78.0 cm³/mol. The first-order valence-corrected chi connectivity index (χ1v) is 6.81. The number of carbonyl (C=O) groups excluding carboxylic acids is 1. The Morgan fingerprint density at radius 3 is 2.50 bits per heavy atom. The number of aromatic nitrogens is 1. The second kappa shape index (κ2) is 5.66. The maximum atomic E-state index is 11.8. The van der Waals surface area contributed by atoms with Gasteiger partial charge in [-0.2, -0.15) is 0 Å². The SMILES string of the molecule is CC(C)(C)C(=O)ON1CCN(c2ncccc2N)CC1. The van der Waals surface area contributed by atoms with Crippen LogP contribution in [0.2, 0.25) is 0 Å². The molecule has 6 heteroatoms. The standard InChI is InChI=1S/C14H22N4O2/c1-14(2,3)13(19)20-18-9-7-17(8-10-18)12-11(15)5-4-6-16-12/h4-6H,7-10,15H2,1-3H3. The predicted octanol–water partition coefficient (Wildman–Crippen LogP) is 1.29. The van der Waals surface area contributed by atoms with E-state index in [2.05, 4.69) is 9.88 Å². The van der Waals surface area contributed by atoms with Gasteiger partial charge in [0, 0.05) is 19.3 Å². The Morgan fingerprint density at radius 1 is 1.30 bits per heavy atom. The molecule has 0 radical (unpaired) electrons. The van der Waals surface area contributed by atoms with Gasteiger partial charge in [0.05, 0.1) is 24.2 Å². The minimum Gasteiger partial charge on any atom is -0.396 e. The Morgan fingerprint density at radius 2 is 1.95 bits per heavy atom. The maximum absolute atomic E-state index is 11.8. The van der Waals surface area contributed by atoms with Gasteiger partial charge in [-0.3, -0.25) is 0 Å². The molecule has 0 bridgehead atoms. The number of carbonyl (C=O) groups is 1. The number of nitrogens with two attached hydrogens (primary N) is 1. The summed E-state index contributed by atoms with van der Waals surface area (Å²) < 4.78 is 0. The summed E-state index contributed by atoms with van der Waals surface area (Å²) >= 11 is 0. The van der Waals surface area contributed by atoms with Crippen molar-refractivity contribution in [3.05, 3.63) is 18.3 Å². The second-order valence-electron chi connectivity index (χ2n) is 5.96. The molecule has 1 aliphatic rings. The molecule has 0 aromatic carbocycles. The van der Waals surface area contributed by atoms with Crippen molar-refractivity contribution in [2.24, 2.45) is 5.41 Å². The summed E-state index contributed by atoms with van der Waals surface area (Å²) in [5.74, 6) is 0.595. The number of nitrogen functional groups attached to an aromatic ring is 1. The fourth-order valence-electron chi connectivity index (χ4n) is 1.92. The summed E-state index contributed by atoms with van der Waals surface area (Å²) in [6.07, 6.45) is 1.73. The zero-order chi connectivity index (χ0) is 14.8. The zero-order valence-corrected chi connectivity index (χ0v) is 12.3. The van der Waals surface area contributed by atoms with E-state index in [1.165, 1.54) is 0 Å². The molecule has 1 aromatic heterocycles. The third kappa shape index (κ3) is 3.39. The van der Waals surface area contributed by atoms with Gasteiger partial charge in [-0.05, 0) is 32.9 Å². The number of pyridine rings is 1. The molecule has 110 valence electrons. The molecular weight excluding hydrogens is 256 g/mol. The van der Waals surface area contributed by atoms with Crippen molar-refractivity contribution in [3.63, 3.8) is 0 Å². The molecule has 2 N–H and O–H groups in total. The first-order valence-electron chi connectivity index (χ1n) is 6.81. The number of rotatable bonds is 2. The Bertz CT molecular complexity index is 476. The lowest BCUT2D eigenvalue weighted by atomic mass is 9.98. The maximum Gasteiger partial charge on any atom is 0.330 e. The molecule has 1 aliphatic heterocycles. The summed E-state index contributed by atoms with van der Waals surface area (Å²) in [6.45, 7) is 8.31. The summed E-state index contributed by atoms with van der Waals surface area (Å²) in [7, 11) is 0. The van der Waals surface area contributed by atoms with Gasteiger partial charge in [0.15, 0.2) is 5.82 Å². The molecule has 0 atom stereocenters. The van der Waals surface area contributed by atoms with E-state index in [-0.39, 0.29) is 5.97 Å². The molecule has 0 unspecified atom stereocenters. The molecule has 2 heterocycles. The van der Waals surface area contributed by atoms with Crippen LogP contribution in [0.4, 0.5) is 11.5 Å². The number of nitrogens with zero attached hydrogens (tertiary/aromatic N) is 3. The van der Waals surface area contributed by atoms with Crippen molar-refractivity contribution in [2.45, 2.75) is 20.8 Å². The first-order chi connectivity index (χ1) is 9.38. The Balaban J connectivity index is 1.90. The van der Waals surface area contributed by atoms with Crippen molar-refractivity contribution < 1.29 is 9.63 Å². The molecular formula is C14H22N4O2. The molecule has 1 saturated heterocycles. The van der Waals surface area contributed by atoms with Crippen LogP contribution >= 0.6 is 0 Å². The molecule has 0 aliphatic carbocycles. The van der Waals surface area contributed by atoms with E-state index in [0.717, 1.165) is 18.9 Å². The summed E-state index contributed by atoms with van der Waals surface area (Å²) in [5.41, 5.74) is 6.11. The van der Waals surface area contributed by atoms with Gasteiger partial charge in [-0.15, -0.1) is 5.06 Å². The Hall–Kier alpha value is -1.82. The molecule has 0 spiro atoms. The van der Waals surface area contributed by atoms with Crippen LogP contribution in [0.5, 0.6) is 0 Å². The number of hydrogen-bond acceptors (Lipinski definition) is 6. The molecule has 0 saturated carbocycles. The number of piperazine rings is 1. The van der Waals surface area contributed by atoms with E-state index in [0.29, 0.717) is 18.8 Å². The van der Waals surface area contributed by atoms with Gasteiger partial charge < -0.3 is 15.5 Å². The van der Waals surface area contributed by atoms with Crippen LogP contribution in [-0.2, 0) is 9.63 Å². The van der Waals surface area contributed by atoms with E-state index in [1.54, 1.807) is 11.3 Å². The lowest BCUT2D eigenvalue weighted by molar-refractivity contribution is -0.201. The van der Waals surface area contributed by atoms with Gasteiger partial charge in [0.25, 0.3) is 0 Å². The highest BCUT2D eigenvalue weighted by atomic mass is 16.7. The molecule has 0 amide bonds. The Kier molecular flexibility index (Phi) is 4.13. The average molecular weight is 278 g/mol. The van der Waals surface area contributed by atoms with Crippen molar-refractivity contribution in [1.82, 2.24) is 10.0 Å². The molecule has 20 heavy (non-hydrogen) atoms. The minimum atomic E-state index is -0.484. The van der Waals surface area contributed by atoms with Crippen LogP contribution in [0.15, 0.2) is 18.3 Å². The van der Waals surface area contributed by atoms with E-state index in [9.17, 15) is 4.79 Å². The van der Waals surface area contributed by atoms with Crippen molar-refractivity contribution in [1.29, 1.82) is 0 Å². The van der Waals surface area contributed by atoms with Crippen LogP contribution in [0, 0.1) is 5.41 Å². The van der Waals surface area contributed by atoms with E-state index in [1.807, 2.05) is 32.9 Å². The van der Waals surface area contributed by atoms with Crippen LogP contribution in [0.1, 0.15) is 20.8 Å². The highest BCUT2D eigenvalue weighted by Gasteiger charge is 2.28. The van der Waals surface area contributed by atoms with Crippen LogP contribution < -0.4 is 10.6 Å². The number of hydrogen-bond donors (Lipinski definition) is 1. The molecule has 2 rings (SSSR count). The topological polar surface area (TPSA) is 71.7 Å². The van der Waals surface area contributed by atoms with Crippen molar-refractivity contribution in [3.8, 4) is 0 Å². The normalized spacial score (nSPS) is 17.1. The van der Waals surface area contributed by atoms with Gasteiger partial charge in [0.1, 0.15) is 0 Å². The highest BCUT2D eigenvalue weighted by molar-refractivity contribution is 5.75. The Labute approximate surface area is 119 Å². The van der Waals surface area contributed by atoms with Crippen LogP contribution in [-0.4, -0.2) is 42.2 Å². The van der Waals surface area contributed by atoms with Crippen LogP contribution in [0.25, 0.3) is 0 Å². The van der Waals surface area contributed by atoms with Crippen molar-refractivity contribution >= 4 is 17.5 Å². The zero-order valence-electron chi connectivity index (χ0n) is 12.3. The fraction of sp³-hybridized carbons (Fsp3) is 0.571. The average Bonchev–Trinajstić information content (AvgIpc) is 2.39. The largest absolute Gasteiger partial charge is 0.396 e. The number of hydroxylamine groups is 2. The lowest BCUT2D eigenvalue weighted by Gasteiger charge is -2.35. The smallest absolute Gasteiger partial charge is 0.330 e. The van der Waals surface area contributed by atoms with E-state index in [4.69, 9.17) is 10.6 Å². The molecule has 6 nitrogen and oxygen atoms in total. The quantitative estimate of drug-likeness (QED) is 0.879. The van der Waals surface area contributed by atoms with Crippen LogP contribution in [0.3, 0.4) is 0 Å². The molecule has 1 fully saturated rings. The molecule has 1 aromatic rings. The third-order valence-electron chi connectivity index (χ3n) is 3.18. The van der Waals surface area contributed by atoms with Crippen molar-refractivity contribution in [2.75, 3.05) is 36.8 Å². The summed E-state index contributed by atoms with van der Waals surface area (Å²) in [6, 6.07) is 3.66. The monoisotopic (exact) mass is 278 g/mol. The van der Waals surface area contributed by atoms with Gasteiger partial charge in [0.2, 0.25) is 0 Å². The highest BCUT2D eigenvalue weighted by Crippen LogP contribution is 2.21. The van der Waals surface area contributed by atoms with Gasteiger partial charge in [-0.25, -0.2) is 9.78 Å².